The fraction of sp³-hybridized carbons (Fsp3) is 0.412. The van der Waals surface area contributed by atoms with Crippen LogP contribution in [0.4, 0.5) is 0 Å². The highest BCUT2D eigenvalue weighted by molar-refractivity contribution is 7.47. The van der Waals surface area contributed by atoms with Crippen LogP contribution in [0.2, 0.25) is 0 Å². The Kier molecular flexibility index (Phi) is 5.09. The number of rotatable bonds is 4. The molecule has 13 heteroatoms. The second kappa shape index (κ2) is 7.34. The van der Waals surface area contributed by atoms with Crippen molar-refractivity contribution in [3.05, 3.63) is 44.1 Å². The molecular formula is C17H19N4O8P. The fourth-order valence-corrected chi connectivity index (χ4v) is 4.26. The first-order chi connectivity index (χ1) is 14.1. The van der Waals surface area contributed by atoms with Gasteiger partial charge in [0, 0.05) is 0 Å². The van der Waals surface area contributed by atoms with Crippen LogP contribution in [0.3, 0.4) is 0 Å². The number of aromatic nitrogens is 4. The average molecular weight is 438 g/mol. The number of aryl methyl sites for hydroxylation is 2. The van der Waals surface area contributed by atoms with Crippen LogP contribution in [0.5, 0.6) is 0 Å². The van der Waals surface area contributed by atoms with Gasteiger partial charge in [-0.2, -0.15) is 4.98 Å². The molecule has 0 radical (unpaired) electrons. The maximum Gasteiger partial charge on any atom is 0.472 e. The highest BCUT2D eigenvalue weighted by Crippen LogP contribution is 2.50. The number of benzene rings is 1. The Hall–Kier alpha value is -2.47. The highest BCUT2D eigenvalue weighted by atomic mass is 31.2. The summed E-state index contributed by atoms with van der Waals surface area (Å²) in [7, 11) is -4.27. The number of hydrogen-bond donors (Lipinski definition) is 4. The molecule has 0 aliphatic carbocycles. The lowest BCUT2D eigenvalue weighted by Gasteiger charge is -2.25. The molecule has 1 saturated heterocycles. The first kappa shape index (κ1) is 20.8. The lowest BCUT2D eigenvalue weighted by Crippen LogP contribution is -2.41. The van der Waals surface area contributed by atoms with Gasteiger partial charge in [-0.3, -0.25) is 18.8 Å². The maximum atomic E-state index is 12.3. The van der Waals surface area contributed by atoms with Gasteiger partial charge in [0.2, 0.25) is 0 Å². The Morgan fingerprint density at radius 1 is 1.27 bits per heavy atom. The summed E-state index contributed by atoms with van der Waals surface area (Å²) in [4.78, 5) is 43.6. The molecule has 0 bridgehead atoms. The van der Waals surface area contributed by atoms with Crippen LogP contribution in [0, 0.1) is 13.8 Å². The SMILES string of the molecule is Cc1cc2nc3c(=O)[nH]c(=O)nc-3n(CC(O)C(O)C3COP(=O)(O)O3)c2cc1C. The van der Waals surface area contributed by atoms with Gasteiger partial charge in [0.25, 0.3) is 5.56 Å². The van der Waals surface area contributed by atoms with E-state index in [9.17, 15) is 29.3 Å². The molecule has 1 aromatic carbocycles. The van der Waals surface area contributed by atoms with Crippen LogP contribution < -0.4 is 11.2 Å². The van der Waals surface area contributed by atoms with Gasteiger partial charge in [-0.1, -0.05) is 0 Å². The van der Waals surface area contributed by atoms with Gasteiger partial charge in [-0.05, 0) is 37.1 Å². The van der Waals surface area contributed by atoms with Crippen molar-refractivity contribution in [2.24, 2.45) is 0 Å². The van der Waals surface area contributed by atoms with Crippen LogP contribution in [-0.2, 0) is 20.2 Å². The molecule has 0 amide bonds. The summed E-state index contributed by atoms with van der Waals surface area (Å²) in [6, 6.07) is 3.52. The molecule has 4 N–H and O–H groups in total. The standard InChI is InChI=1S/C17H19N4O8P/c1-7-3-9-10(4-8(7)2)21(15-13(18-9)16(24)20-17(25)19-15)5-11(22)14(23)12-6-28-30(26,27)29-12/h3-4,11-12,14,22-23H,5-6H2,1-2H3,(H,26,27)(H,20,24,25). The van der Waals surface area contributed by atoms with Gasteiger partial charge in [0.15, 0.2) is 11.5 Å². The minimum atomic E-state index is -4.27. The van der Waals surface area contributed by atoms with Gasteiger partial charge >= 0.3 is 13.5 Å². The van der Waals surface area contributed by atoms with Gasteiger partial charge < -0.3 is 19.7 Å². The highest BCUT2D eigenvalue weighted by Gasteiger charge is 2.41. The van der Waals surface area contributed by atoms with E-state index in [1.165, 1.54) is 4.57 Å². The Morgan fingerprint density at radius 2 is 1.97 bits per heavy atom. The molecule has 3 heterocycles. The molecule has 3 aliphatic rings. The Balaban J connectivity index is 1.83. The maximum absolute atomic E-state index is 12.3. The van der Waals surface area contributed by atoms with E-state index in [4.69, 9.17) is 4.52 Å². The summed E-state index contributed by atoms with van der Waals surface area (Å²) >= 11 is 0. The molecule has 3 aliphatic heterocycles. The summed E-state index contributed by atoms with van der Waals surface area (Å²) in [5.74, 6) is -0.0674. The number of nitrogens with one attached hydrogen (secondary N) is 1. The molecule has 4 unspecified atom stereocenters. The van der Waals surface area contributed by atoms with E-state index in [-0.39, 0.29) is 24.7 Å². The lowest BCUT2D eigenvalue weighted by molar-refractivity contribution is -0.0491. The van der Waals surface area contributed by atoms with E-state index in [0.717, 1.165) is 11.1 Å². The van der Waals surface area contributed by atoms with E-state index in [2.05, 4.69) is 19.5 Å². The van der Waals surface area contributed by atoms with Crippen LogP contribution in [0.25, 0.3) is 22.6 Å². The summed E-state index contributed by atoms with van der Waals surface area (Å²) in [6.07, 6.45) is -4.32. The topological polar surface area (TPSA) is 177 Å². The number of phosphoric acid groups is 1. The third-order valence-electron chi connectivity index (χ3n) is 5.04. The zero-order valence-corrected chi connectivity index (χ0v) is 16.9. The van der Waals surface area contributed by atoms with Crippen LogP contribution in [0.15, 0.2) is 21.7 Å². The van der Waals surface area contributed by atoms with E-state index in [1.54, 1.807) is 12.1 Å². The average Bonchev–Trinajstić information content (AvgIpc) is 3.03. The molecular weight excluding hydrogens is 419 g/mol. The summed E-state index contributed by atoms with van der Waals surface area (Å²) < 4.78 is 22.2. The molecule has 12 nitrogen and oxygen atoms in total. The Morgan fingerprint density at radius 3 is 2.63 bits per heavy atom. The van der Waals surface area contributed by atoms with Gasteiger partial charge in [0.05, 0.1) is 24.2 Å². The van der Waals surface area contributed by atoms with Crippen LogP contribution in [0.1, 0.15) is 11.1 Å². The van der Waals surface area contributed by atoms with E-state index < -0.39 is 37.4 Å². The van der Waals surface area contributed by atoms with Gasteiger partial charge in [-0.15, -0.1) is 0 Å². The number of fused-ring (bicyclic) bond motifs is 2. The second-order valence-corrected chi connectivity index (χ2v) is 8.56. The summed E-state index contributed by atoms with van der Waals surface area (Å²) in [6.45, 7) is 3.05. The van der Waals surface area contributed by atoms with Crippen molar-refractivity contribution >= 4 is 18.9 Å². The van der Waals surface area contributed by atoms with E-state index in [1.807, 2.05) is 13.8 Å². The van der Waals surface area contributed by atoms with Crippen molar-refractivity contribution in [3.63, 3.8) is 0 Å². The fourth-order valence-electron chi connectivity index (χ4n) is 3.34. The zero-order chi connectivity index (χ0) is 21.8. The molecule has 1 aromatic rings. The molecule has 1 fully saturated rings. The molecule has 4 atom stereocenters. The largest absolute Gasteiger partial charge is 0.472 e. The monoisotopic (exact) mass is 438 g/mol. The zero-order valence-electron chi connectivity index (χ0n) is 16.0. The number of aliphatic hydroxyl groups excluding tert-OH is 2. The summed E-state index contributed by atoms with van der Waals surface area (Å²) in [5, 5.41) is 21.0. The number of H-pyrrole nitrogens is 1. The van der Waals surface area contributed by atoms with E-state index in [0.29, 0.717) is 11.0 Å². The van der Waals surface area contributed by atoms with Gasteiger partial charge in [-0.25, -0.2) is 14.3 Å². The van der Waals surface area contributed by atoms with Crippen molar-refractivity contribution in [2.75, 3.05) is 6.61 Å². The Labute approximate surface area is 168 Å². The van der Waals surface area contributed by atoms with Crippen molar-refractivity contribution in [1.82, 2.24) is 19.5 Å². The number of aromatic amines is 1. The molecule has 0 saturated carbocycles. The smallest absolute Gasteiger partial charge is 0.388 e. The molecule has 0 aromatic heterocycles. The van der Waals surface area contributed by atoms with E-state index >= 15 is 0 Å². The lowest BCUT2D eigenvalue weighted by atomic mass is 10.1. The first-order valence-corrected chi connectivity index (χ1v) is 10.5. The normalized spacial score (nSPS) is 23.8. The second-order valence-electron chi connectivity index (χ2n) is 7.16. The van der Waals surface area contributed by atoms with Crippen LogP contribution in [-0.4, -0.2) is 59.5 Å². The van der Waals surface area contributed by atoms with Gasteiger partial charge in [0.1, 0.15) is 18.3 Å². The first-order valence-electron chi connectivity index (χ1n) is 8.99. The van der Waals surface area contributed by atoms with Crippen molar-refractivity contribution < 1.29 is 28.7 Å². The predicted octanol–water partition coefficient (Wildman–Crippen LogP) is -0.561. The molecule has 0 spiro atoms. The minimum Gasteiger partial charge on any atom is -0.388 e. The predicted molar refractivity (Wildman–Crippen MR) is 103 cm³/mol. The quantitative estimate of drug-likeness (QED) is 0.305. The van der Waals surface area contributed by atoms with Crippen molar-refractivity contribution in [1.29, 1.82) is 0 Å². The van der Waals surface area contributed by atoms with Crippen molar-refractivity contribution in [2.45, 2.75) is 38.7 Å². The molecule has 4 rings (SSSR count). The number of phosphoric ester groups is 1. The molecule has 160 valence electrons. The third-order valence-corrected chi connectivity index (χ3v) is 6.05. The number of aliphatic hydroxyl groups is 2. The van der Waals surface area contributed by atoms with Crippen LogP contribution >= 0.6 is 7.82 Å². The minimum absolute atomic E-state index is 0.0674. The third kappa shape index (κ3) is 3.69. The number of nitrogens with zero attached hydrogens (tertiary/aromatic N) is 3. The summed E-state index contributed by atoms with van der Waals surface area (Å²) in [5.41, 5.74) is 1.00. The molecule has 30 heavy (non-hydrogen) atoms. The van der Waals surface area contributed by atoms with Crippen molar-refractivity contribution in [3.8, 4) is 11.5 Å². The Bertz CT molecular complexity index is 1270. The number of hydrogen-bond acceptors (Lipinski definition) is 9.